The van der Waals surface area contributed by atoms with Gasteiger partial charge in [-0.25, -0.2) is 14.5 Å². The third-order valence-corrected chi connectivity index (χ3v) is 5.27. The molecule has 0 N–H and O–H groups in total. The number of urea groups is 1. The van der Waals surface area contributed by atoms with Crippen molar-refractivity contribution in [2.24, 2.45) is 5.92 Å². The van der Waals surface area contributed by atoms with E-state index in [-0.39, 0.29) is 17.4 Å². The van der Waals surface area contributed by atoms with Crippen LogP contribution in [0.4, 0.5) is 4.79 Å². The molecular formula is C20H26N2O5S. The SMILES string of the molecule is C[C@H](CSC(=O)c1ccccc1)C(=O)N1C(=O)N(C)C[C@H]1C(=O)OC(C)(C)C. The van der Waals surface area contributed by atoms with Gasteiger partial charge in [-0.2, -0.15) is 0 Å². The number of hydrogen-bond acceptors (Lipinski definition) is 6. The molecule has 1 saturated heterocycles. The van der Waals surface area contributed by atoms with Crippen LogP contribution in [0.5, 0.6) is 0 Å². The molecule has 28 heavy (non-hydrogen) atoms. The fourth-order valence-corrected chi connectivity index (χ4v) is 3.55. The van der Waals surface area contributed by atoms with Gasteiger partial charge in [-0.05, 0) is 20.8 Å². The van der Waals surface area contributed by atoms with Crippen LogP contribution in [0.25, 0.3) is 0 Å². The number of rotatable bonds is 5. The molecule has 1 aliphatic heterocycles. The molecule has 1 fully saturated rings. The Labute approximate surface area is 169 Å². The molecule has 0 spiro atoms. The molecule has 2 atom stereocenters. The minimum absolute atomic E-state index is 0.0856. The van der Waals surface area contributed by atoms with Crippen LogP contribution in [0.2, 0.25) is 0 Å². The van der Waals surface area contributed by atoms with Gasteiger partial charge in [0.15, 0.2) is 6.04 Å². The first-order chi connectivity index (χ1) is 13.0. The van der Waals surface area contributed by atoms with Gasteiger partial charge in [-0.1, -0.05) is 49.0 Å². The molecule has 1 aliphatic rings. The Hall–Kier alpha value is -2.35. The van der Waals surface area contributed by atoms with E-state index in [1.54, 1.807) is 52.0 Å². The van der Waals surface area contributed by atoms with E-state index in [0.717, 1.165) is 16.7 Å². The average Bonchev–Trinajstić information content (AvgIpc) is 2.93. The van der Waals surface area contributed by atoms with Gasteiger partial charge in [0, 0.05) is 24.3 Å². The second-order valence-corrected chi connectivity index (χ2v) is 8.78. The molecule has 7 nitrogen and oxygen atoms in total. The summed E-state index contributed by atoms with van der Waals surface area (Å²) in [4.78, 5) is 52.3. The summed E-state index contributed by atoms with van der Waals surface area (Å²) in [5, 5.41) is -0.145. The highest BCUT2D eigenvalue weighted by Crippen LogP contribution is 2.23. The number of likely N-dealkylation sites (N-methyl/N-ethyl adjacent to an activating group) is 1. The van der Waals surface area contributed by atoms with Crippen molar-refractivity contribution in [3.63, 3.8) is 0 Å². The average molecular weight is 407 g/mol. The molecule has 152 valence electrons. The number of imide groups is 1. The van der Waals surface area contributed by atoms with Gasteiger partial charge >= 0.3 is 12.0 Å². The van der Waals surface area contributed by atoms with E-state index in [0.29, 0.717) is 5.56 Å². The van der Waals surface area contributed by atoms with Crippen molar-refractivity contribution in [1.29, 1.82) is 0 Å². The zero-order valence-electron chi connectivity index (χ0n) is 16.8. The molecular weight excluding hydrogens is 380 g/mol. The molecule has 0 aromatic heterocycles. The van der Waals surface area contributed by atoms with Crippen LogP contribution in [-0.4, -0.2) is 63.8 Å². The van der Waals surface area contributed by atoms with Gasteiger partial charge in [0.1, 0.15) is 5.60 Å². The standard InChI is InChI=1S/C20H26N2O5S/c1-13(12-28-18(25)14-9-7-6-8-10-14)16(23)22-15(11-21(5)19(22)26)17(24)27-20(2,3)4/h6-10,13,15H,11-12H2,1-5H3/t13-,15+/m1/s1. The van der Waals surface area contributed by atoms with Crippen LogP contribution in [0, 0.1) is 5.92 Å². The topological polar surface area (TPSA) is 84.0 Å². The van der Waals surface area contributed by atoms with Crippen LogP contribution < -0.4 is 0 Å². The van der Waals surface area contributed by atoms with Crippen LogP contribution in [0.15, 0.2) is 30.3 Å². The molecule has 0 saturated carbocycles. The maximum atomic E-state index is 12.9. The van der Waals surface area contributed by atoms with E-state index in [1.807, 2.05) is 6.07 Å². The van der Waals surface area contributed by atoms with Crippen LogP contribution in [0.3, 0.4) is 0 Å². The highest BCUT2D eigenvalue weighted by molar-refractivity contribution is 8.14. The molecule has 0 aliphatic carbocycles. The largest absolute Gasteiger partial charge is 0.458 e. The third kappa shape index (κ3) is 5.34. The van der Waals surface area contributed by atoms with E-state index >= 15 is 0 Å². The number of carbonyl (C=O) groups is 4. The molecule has 1 heterocycles. The zero-order chi connectivity index (χ0) is 21.1. The summed E-state index contributed by atoms with van der Waals surface area (Å²) in [6, 6.07) is 7.26. The van der Waals surface area contributed by atoms with Crippen molar-refractivity contribution in [3.8, 4) is 0 Å². The monoisotopic (exact) mass is 406 g/mol. The number of esters is 1. The van der Waals surface area contributed by atoms with Crippen molar-refractivity contribution in [2.45, 2.75) is 39.3 Å². The summed E-state index contributed by atoms with van der Waals surface area (Å²) >= 11 is 1.02. The van der Waals surface area contributed by atoms with Gasteiger partial charge in [0.05, 0.1) is 6.54 Å². The maximum absolute atomic E-state index is 12.9. The Balaban J connectivity index is 2.05. The van der Waals surface area contributed by atoms with Crippen molar-refractivity contribution in [3.05, 3.63) is 35.9 Å². The van der Waals surface area contributed by atoms with Gasteiger partial charge in [0.25, 0.3) is 0 Å². The van der Waals surface area contributed by atoms with E-state index in [1.165, 1.54) is 11.9 Å². The molecule has 0 unspecified atom stereocenters. The van der Waals surface area contributed by atoms with Gasteiger partial charge in [0.2, 0.25) is 11.0 Å². The lowest BCUT2D eigenvalue weighted by Gasteiger charge is -2.26. The maximum Gasteiger partial charge on any atom is 0.331 e. The molecule has 2 rings (SSSR count). The number of amides is 3. The first-order valence-corrected chi connectivity index (χ1v) is 10.0. The second-order valence-electron chi connectivity index (χ2n) is 7.79. The number of nitrogens with zero attached hydrogens (tertiary/aromatic N) is 2. The summed E-state index contributed by atoms with van der Waals surface area (Å²) in [6.07, 6.45) is 0. The second kappa shape index (κ2) is 8.77. The minimum atomic E-state index is -0.985. The molecule has 1 aromatic rings. The van der Waals surface area contributed by atoms with E-state index in [2.05, 4.69) is 0 Å². The molecule has 3 amide bonds. The first kappa shape index (κ1) is 21.9. The van der Waals surface area contributed by atoms with Crippen LogP contribution >= 0.6 is 11.8 Å². The predicted octanol–water partition coefficient (Wildman–Crippen LogP) is 2.80. The molecule has 0 bridgehead atoms. The predicted molar refractivity (Wildman–Crippen MR) is 107 cm³/mol. The molecule has 0 radical (unpaired) electrons. The summed E-state index contributed by atoms with van der Waals surface area (Å²) in [7, 11) is 1.53. The van der Waals surface area contributed by atoms with Gasteiger partial charge < -0.3 is 9.64 Å². The quantitative estimate of drug-likeness (QED) is 0.699. The summed E-state index contributed by atoms with van der Waals surface area (Å²) in [6.45, 7) is 6.91. The Morgan fingerprint density at radius 1 is 1.21 bits per heavy atom. The number of benzene rings is 1. The van der Waals surface area contributed by atoms with Gasteiger partial charge in [-0.3, -0.25) is 9.59 Å². The number of thioether (sulfide) groups is 1. The van der Waals surface area contributed by atoms with E-state index in [4.69, 9.17) is 4.74 Å². The highest BCUT2D eigenvalue weighted by Gasteiger charge is 2.46. The lowest BCUT2D eigenvalue weighted by molar-refractivity contribution is -0.162. The Bertz CT molecular complexity index is 760. The van der Waals surface area contributed by atoms with Crippen molar-refractivity contribution >= 4 is 34.8 Å². The van der Waals surface area contributed by atoms with Crippen molar-refractivity contribution in [1.82, 2.24) is 9.80 Å². The van der Waals surface area contributed by atoms with Crippen LogP contribution in [-0.2, 0) is 14.3 Å². The Morgan fingerprint density at radius 2 is 1.82 bits per heavy atom. The van der Waals surface area contributed by atoms with Crippen LogP contribution in [0.1, 0.15) is 38.1 Å². The molecule has 8 heteroatoms. The highest BCUT2D eigenvalue weighted by atomic mass is 32.2. The van der Waals surface area contributed by atoms with Gasteiger partial charge in [-0.15, -0.1) is 0 Å². The number of carbonyl (C=O) groups excluding carboxylic acids is 4. The summed E-state index contributed by atoms with van der Waals surface area (Å²) in [5.74, 6) is -1.50. The number of ether oxygens (including phenoxy) is 1. The fourth-order valence-electron chi connectivity index (χ4n) is 2.70. The molecule has 1 aromatic carbocycles. The van der Waals surface area contributed by atoms with Crippen molar-refractivity contribution in [2.75, 3.05) is 19.3 Å². The van der Waals surface area contributed by atoms with E-state index in [9.17, 15) is 19.2 Å². The lowest BCUT2D eigenvalue weighted by Crippen LogP contribution is -2.48. The normalized spacial score (nSPS) is 18.2. The Kier molecular flexibility index (Phi) is 6.87. The summed E-state index contributed by atoms with van der Waals surface area (Å²) in [5.41, 5.74) is -0.171. The number of hydrogen-bond donors (Lipinski definition) is 0. The zero-order valence-corrected chi connectivity index (χ0v) is 17.6. The smallest absolute Gasteiger partial charge is 0.331 e. The lowest BCUT2D eigenvalue weighted by atomic mass is 10.1. The summed E-state index contributed by atoms with van der Waals surface area (Å²) < 4.78 is 5.36. The third-order valence-electron chi connectivity index (χ3n) is 4.10. The Morgan fingerprint density at radius 3 is 2.39 bits per heavy atom. The van der Waals surface area contributed by atoms with E-state index < -0.39 is 35.5 Å². The first-order valence-electron chi connectivity index (χ1n) is 9.04. The fraction of sp³-hybridized carbons (Fsp3) is 0.500. The van der Waals surface area contributed by atoms with Crippen molar-refractivity contribution < 1.29 is 23.9 Å². The minimum Gasteiger partial charge on any atom is -0.458 e.